The van der Waals surface area contributed by atoms with Crippen molar-refractivity contribution in [3.8, 4) is 11.5 Å². The molecule has 2 N–H and O–H groups in total. The van der Waals surface area contributed by atoms with E-state index in [9.17, 15) is 5.11 Å². The zero-order valence-electron chi connectivity index (χ0n) is 11.8. The molecule has 0 aliphatic rings. The summed E-state index contributed by atoms with van der Waals surface area (Å²) in [6, 6.07) is 10.9. The Kier molecular flexibility index (Phi) is 4.40. The molecule has 1 atom stereocenters. The third-order valence-corrected chi connectivity index (χ3v) is 3.75. The third kappa shape index (κ3) is 2.99. The number of methoxy groups -OCH3 is 1. The van der Waals surface area contributed by atoms with Crippen LogP contribution >= 0.6 is 11.6 Å². The lowest BCUT2D eigenvalue weighted by molar-refractivity contribution is 0.410. The lowest BCUT2D eigenvalue weighted by atomic mass is 10.1. The van der Waals surface area contributed by atoms with Gasteiger partial charge in [-0.2, -0.15) is 0 Å². The van der Waals surface area contributed by atoms with Gasteiger partial charge in [0.25, 0.3) is 0 Å². The Bertz CT molecular complexity index is 613. The Morgan fingerprint density at radius 1 is 1.25 bits per heavy atom. The largest absolute Gasteiger partial charge is 0.508 e. The predicted octanol–water partition coefficient (Wildman–Crippen LogP) is 4.54. The van der Waals surface area contributed by atoms with Gasteiger partial charge >= 0.3 is 0 Å². The van der Waals surface area contributed by atoms with Crippen molar-refractivity contribution in [3.63, 3.8) is 0 Å². The maximum atomic E-state index is 9.98. The van der Waals surface area contributed by atoms with Crippen LogP contribution in [0.1, 0.15) is 24.1 Å². The topological polar surface area (TPSA) is 41.5 Å². The van der Waals surface area contributed by atoms with Gasteiger partial charge in [-0.25, -0.2) is 0 Å². The number of aromatic hydroxyl groups is 1. The van der Waals surface area contributed by atoms with Crippen LogP contribution in [-0.4, -0.2) is 12.2 Å². The van der Waals surface area contributed by atoms with Gasteiger partial charge in [-0.3, -0.25) is 0 Å². The first-order valence-corrected chi connectivity index (χ1v) is 6.79. The molecule has 0 fully saturated rings. The van der Waals surface area contributed by atoms with E-state index in [0.717, 1.165) is 21.8 Å². The summed E-state index contributed by atoms with van der Waals surface area (Å²) >= 11 is 6.11. The molecule has 2 aromatic carbocycles. The second-order valence-corrected chi connectivity index (χ2v) is 5.11. The standard InChI is InChI=1S/C16H18ClNO2/c1-10-14(17)5-4-6-15(10)18-11(2)13-9-12(20-3)7-8-16(13)19/h4-9,11,18-19H,1-3H3. The van der Waals surface area contributed by atoms with Gasteiger partial charge in [0, 0.05) is 16.3 Å². The predicted molar refractivity (Wildman–Crippen MR) is 82.9 cm³/mol. The molecule has 0 saturated heterocycles. The molecule has 0 aromatic heterocycles. The van der Waals surface area contributed by atoms with Crippen LogP contribution in [-0.2, 0) is 0 Å². The van der Waals surface area contributed by atoms with Crippen LogP contribution in [0.3, 0.4) is 0 Å². The van der Waals surface area contributed by atoms with E-state index in [1.54, 1.807) is 19.2 Å². The minimum absolute atomic E-state index is 0.0673. The van der Waals surface area contributed by atoms with Crippen molar-refractivity contribution in [3.05, 3.63) is 52.5 Å². The van der Waals surface area contributed by atoms with Crippen LogP contribution in [0, 0.1) is 6.92 Å². The van der Waals surface area contributed by atoms with Crippen molar-refractivity contribution < 1.29 is 9.84 Å². The molecule has 106 valence electrons. The maximum absolute atomic E-state index is 9.98. The van der Waals surface area contributed by atoms with E-state index in [2.05, 4.69) is 5.32 Å². The number of nitrogens with one attached hydrogen (secondary N) is 1. The highest BCUT2D eigenvalue weighted by atomic mass is 35.5. The molecule has 4 heteroatoms. The quantitative estimate of drug-likeness (QED) is 0.869. The Labute approximate surface area is 124 Å². The molecule has 0 spiro atoms. The van der Waals surface area contributed by atoms with Crippen molar-refractivity contribution in [2.45, 2.75) is 19.9 Å². The highest BCUT2D eigenvalue weighted by Crippen LogP contribution is 2.32. The molecule has 0 amide bonds. The van der Waals surface area contributed by atoms with E-state index in [-0.39, 0.29) is 11.8 Å². The van der Waals surface area contributed by atoms with Gasteiger partial charge in [0.1, 0.15) is 11.5 Å². The highest BCUT2D eigenvalue weighted by Gasteiger charge is 2.13. The summed E-state index contributed by atoms with van der Waals surface area (Å²) in [5, 5.41) is 14.1. The summed E-state index contributed by atoms with van der Waals surface area (Å²) in [6.45, 7) is 3.94. The highest BCUT2D eigenvalue weighted by molar-refractivity contribution is 6.31. The average molecular weight is 292 g/mol. The van der Waals surface area contributed by atoms with Gasteiger partial charge in [0.05, 0.1) is 13.2 Å². The molecule has 0 saturated carbocycles. The number of phenols is 1. The monoisotopic (exact) mass is 291 g/mol. The SMILES string of the molecule is COc1ccc(O)c(C(C)Nc2cccc(Cl)c2C)c1. The van der Waals surface area contributed by atoms with Crippen molar-refractivity contribution in [1.82, 2.24) is 0 Å². The van der Waals surface area contributed by atoms with Gasteiger partial charge in [-0.1, -0.05) is 17.7 Å². The van der Waals surface area contributed by atoms with Crippen molar-refractivity contribution in [2.24, 2.45) is 0 Å². The summed E-state index contributed by atoms with van der Waals surface area (Å²) in [7, 11) is 1.61. The van der Waals surface area contributed by atoms with Gasteiger partial charge in [-0.05, 0) is 49.7 Å². The minimum atomic E-state index is -0.0673. The van der Waals surface area contributed by atoms with E-state index in [1.165, 1.54) is 0 Å². The number of hydrogen-bond acceptors (Lipinski definition) is 3. The lowest BCUT2D eigenvalue weighted by Gasteiger charge is -2.19. The van der Waals surface area contributed by atoms with Gasteiger partial charge in [-0.15, -0.1) is 0 Å². The van der Waals surface area contributed by atoms with Gasteiger partial charge < -0.3 is 15.2 Å². The molecule has 2 aromatic rings. The molecule has 2 rings (SSSR count). The summed E-state index contributed by atoms with van der Waals surface area (Å²) in [5.41, 5.74) is 2.72. The molecule has 0 radical (unpaired) electrons. The van der Waals surface area contributed by atoms with E-state index in [1.807, 2.05) is 38.1 Å². The molecular formula is C16H18ClNO2. The Morgan fingerprint density at radius 2 is 2.00 bits per heavy atom. The molecule has 0 aliphatic heterocycles. The van der Waals surface area contributed by atoms with Crippen LogP contribution in [0.25, 0.3) is 0 Å². The number of hydrogen-bond donors (Lipinski definition) is 2. The Balaban J connectivity index is 2.28. The zero-order valence-corrected chi connectivity index (χ0v) is 12.5. The van der Waals surface area contributed by atoms with Gasteiger partial charge in [0.15, 0.2) is 0 Å². The van der Waals surface area contributed by atoms with E-state index >= 15 is 0 Å². The van der Waals surface area contributed by atoms with E-state index in [4.69, 9.17) is 16.3 Å². The summed E-state index contributed by atoms with van der Waals surface area (Å²) in [5.74, 6) is 0.958. The molecule has 1 unspecified atom stereocenters. The second kappa shape index (κ2) is 6.06. The van der Waals surface area contributed by atoms with Crippen LogP contribution in [0.15, 0.2) is 36.4 Å². The number of phenolic OH excluding ortho intramolecular Hbond substituents is 1. The number of anilines is 1. The van der Waals surface area contributed by atoms with Crippen LogP contribution in [0.5, 0.6) is 11.5 Å². The first-order chi connectivity index (χ1) is 9.52. The number of rotatable bonds is 4. The van der Waals surface area contributed by atoms with Crippen molar-refractivity contribution in [1.29, 1.82) is 0 Å². The zero-order chi connectivity index (χ0) is 14.7. The summed E-state index contributed by atoms with van der Waals surface area (Å²) in [4.78, 5) is 0. The van der Waals surface area contributed by atoms with E-state index in [0.29, 0.717) is 5.75 Å². The third-order valence-electron chi connectivity index (χ3n) is 3.34. The summed E-state index contributed by atoms with van der Waals surface area (Å²) in [6.07, 6.45) is 0. The fourth-order valence-electron chi connectivity index (χ4n) is 2.08. The van der Waals surface area contributed by atoms with Crippen LogP contribution in [0.2, 0.25) is 5.02 Å². The number of benzene rings is 2. The van der Waals surface area contributed by atoms with Crippen LogP contribution in [0.4, 0.5) is 5.69 Å². The van der Waals surface area contributed by atoms with Crippen molar-refractivity contribution >= 4 is 17.3 Å². The Morgan fingerprint density at radius 3 is 2.70 bits per heavy atom. The Hall–Kier alpha value is -1.87. The van der Waals surface area contributed by atoms with Crippen molar-refractivity contribution in [2.75, 3.05) is 12.4 Å². The van der Waals surface area contributed by atoms with Gasteiger partial charge in [0.2, 0.25) is 0 Å². The molecular weight excluding hydrogens is 274 g/mol. The first kappa shape index (κ1) is 14.5. The fraction of sp³-hybridized carbons (Fsp3) is 0.250. The molecule has 3 nitrogen and oxygen atoms in total. The molecule has 0 aliphatic carbocycles. The fourth-order valence-corrected chi connectivity index (χ4v) is 2.26. The number of ether oxygens (including phenoxy) is 1. The lowest BCUT2D eigenvalue weighted by Crippen LogP contribution is -2.08. The normalized spacial score (nSPS) is 12.0. The minimum Gasteiger partial charge on any atom is -0.508 e. The molecule has 20 heavy (non-hydrogen) atoms. The maximum Gasteiger partial charge on any atom is 0.121 e. The average Bonchev–Trinajstić information content (AvgIpc) is 2.44. The number of halogens is 1. The molecule has 0 bridgehead atoms. The molecule has 0 heterocycles. The first-order valence-electron chi connectivity index (χ1n) is 6.41. The van der Waals surface area contributed by atoms with Crippen LogP contribution < -0.4 is 10.1 Å². The summed E-state index contributed by atoms with van der Waals surface area (Å²) < 4.78 is 5.19. The smallest absolute Gasteiger partial charge is 0.121 e. The van der Waals surface area contributed by atoms with E-state index < -0.39 is 0 Å². The second-order valence-electron chi connectivity index (χ2n) is 4.70.